The minimum Gasteiger partial charge on any atom is -0.365 e. The number of nitrogens with zero attached hydrogens (tertiary/aromatic N) is 1. The van der Waals surface area contributed by atoms with Gasteiger partial charge in [-0.15, -0.1) is 22.7 Å². The zero-order valence-corrected chi connectivity index (χ0v) is 18.5. The average molecular weight is 434 g/mol. The molecule has 2 heterocycles. The highest BCUT2D eigenvalue weighted by molar-refractivity contribution is 7.16. The molecule has 0 unspecified atom stereocenters. The Morgan fingerprint density at radius 3 is 2.55 bits per heavy atom. The number of nitrogens with two attached hydrogens (primary N) is 1. The van der Waals surface area contributed by atoms with Gasteiger partial charge in [0.15, 0.2) is 0 Å². The Hall–Kier alpha value is -2.19. The van der Waals surface area contributed by atoms with E-state index in [1.807, 2.05) is 31.4 Å². The van der Waals surface area contributed by atoms with Gasteiger partial charge >= 0.3 is 0 Å². The number of amides is 3. The van der Waals surface area contributed by atoms with Gasteiger partial charge < -0.3 is 16.0 Å². The van der Waals surface area contributed by atoms with Crippen LogP contribution in [-0.2, 0) is 16.1 Å². The lowest BCUT2D eigenvalue weighted by molar-refractivity contribution is -0.139. The van der Waals surface area contributed by atoms with Crippen molar-refractivity contribution in [2.45, 2.75) is 52.5 Å². The van der Waals surface area contributed by atoms with Crippen LogP contribution in [0.4, 0.5) is 5.00 Å². The topological polar surface area (TPSA) is 92.5 Å². The second-order valence-corrected chi connectivity index (χ2v) is 9.77. The van der Waals surface area contributed by atoms with Crippen molar-refractivity contribution in [3.05, 3.63) is 38.4 Å². The standard InChI is InChI=1S/C21H27N3O3S2/c1-13-14(2)29-20(18(13)19(22)26)23-17(25)12-24(11-16-9-6-10-28-16)21(27)15-7-4-3-5-8-15/h6,9-10,15H,3-5,7-8,11-12H2,1-2H3,(H2,22,26)(H,23,25). The van der Waals surface area contributed by atoms with Gasteiger partial charge in [0, 0.05) is 15.7 Å². The molecule has 6 nitrogen and oxygen atoms in total. The number of hydrogen-bond acceptors (Lipinski definition) is 5. The maximum Gasteiger partial charge on any atom is 0.251 e. The molecule has 3 amide bonds. The largest absolute Gasteiger partial charge is 0.365 e. The molecule has 1 aliphatic rings. The highest BCUT2D eigenvalue weighted by atomic mass is 32.1. The highest BCUT2D eigenvalue weighted by Gasteiger charge is 2.28. The summed E-state index contributed by atoms with van der Waals surface area (Å²) in [7, 11) is 0. The number of anilines is 1. The third-order valence-electron chi connectivity index (χ3n) is 5.41. The Bertz CT molecular complexity index is 883. The number of rotatable bonds is 7. The van der Waals surface area contributed by atoms with E-state index < -0.39 is 5.91 Å². The molecule has 1 fully saturated rings. The molecule has 29 heavy (non-hydrogen) atoms. The zero-order valence-electron chi connectivity index (χ0n) is 16.8. The van der Waals surface area contributed by atoms with Crippen molar-refractivity contribution in [3.63, 3.8) is 0 Å². The molecule has 3 rings (SSSR count). The number of primary amides is 1. The summed E-state index contributed by atoms with van der Waals surface area (Å²) in [4.78, 5) is 41.3. The van der Waals surface area contributed by atoms with Crippen LogP contribution in [0.2, 0.25) is 0 Å². The average Bonchev–Trinajstić information content (AvgIpc) is 3.29. The fourth-order valence-corrected chi connectivity index (χ4v) is 5.56. The van der Waals surface area contributed by atoms with Gasteiger partial charge in [0.25, 0.3) is 5.91 Å². The van der Waals surface area contributed by atoms with Crippen LogP contribution < -0.4 is 11.1 Å². The van der Waals surface area contributed by atoms with Crippen LogP contribution in [0.3, 0.4) is 0 Å². The summed E-state index contributed by atoms with van der Waals surface area (Å²) < 4.78 is 0. The highest BCUT2D eigenvalue weighted by Crippen LogP contribution is 2.32. The van der Waals surface area contributed by atoms with Crippen molar-refractivity contribution in [3.8, 4) is 0 Å². The summed E-state index contributed by atoms with van der Waals surface area (Å²) in [5, 5.41) is 5.23. The molecule has 0 bridgehead atoms. The van der Waals surface area contributed by atoms with Crippen LogP contribution in [0.1, 0.15) is 57.8 Å². The molecule has 1 aliphatic carbocycles. The third kappa shape index (κ3) is 5.25. The molecule has 0 aromatic carbocycles. The first kappa shape index (κ1) is 21.5. The first-order valence-electron chi connectivity index (χ1n) is 9.87. The van der Waals surface area contributed by atoms with Crippen LogP contribution in [0.25, 0.3) is 0 Å². The van der Waals surface area contributed by atoms with E-state index in [4.69, 9.17) is 5.73 Å². The van der Waals surface area contributed by atoms with Gasteiger partial charge in [0.1, 0.15) is 11.5 Å². The van der Waals surface area contributed by atoms with E-state index in [1.54, 1.807) is 16.2 Å². The van der Waals surface area contributed by atoms with Crippen LogP contribution in [0.5, 0.6) is 0 Å². The fourth-order valence-electron chi connectivity index (χ4n) is 3.76. The SMILES string of the molecule is Cc1sc(NC(=O)CN(Cc2cccs2)C(=O)C2CCCCC2)c(C(N)=O)c1C. The van der Waals surface area contributed by atoms with Crippen molar-refractivity contribution in [1.29, 1.82) is 0 Å². The smallest absolute Gasteiger partial charge is 0.251 e. The van der Waals surface area contributed by atoms with Gasteiger partial charge in [0.05, 0.1) is 12.1 Å². The van der Waals surface area contributed by atoms with Crippen molar-refractivity contribution >= 4 is 45.4 Å². The molecule has 0 spiro atoms. The van der Waals surface area contributed by atoms with Gasteiger partial charge in [-0.05, 0) is 43.7 Å². The number of thiophene rings is 2. The molecule has 3 N–H and O–H groups in total. The van der Waals surface area contributed by atoms with E-state index in [0.29, 0.717) is 17.1 Å². The Labute approximate surface area is 179 Å². The van der Waals surface area contributed by atoms with Gasteiger partial charge in [-0.3, -0.25) is 14.4 Å². The Balaban J connectivity index is 1.74. The van der Waals surface area contributed by atoms with E-state index in [1.165, 1.54) is 17.8 Å². The molecule has 1 saturated carbocycles. The minimum atomic E-state index is -0.559. The maximum absolute atomic E-state index is 13.1. The van der Waals surface area contributed by atoms with Crippen LogP contribution in [0, 0.1) is 19.8 Å². The van der Waals surface area contributed by atoms with Crippen molar-refractivity contribution in [2.75, 3.05) is 11.9 Å². The summed E-state index contributed by atoms with van der Waals surface area (Å²) in [6.07, 6.45) is 5.06. The quantitative estimate of drug-likeness (QED) is 0.689. The van der Waals surface area contributed by atoms with Crippen molar-refractivity contribution < 1.29 is 14.4 Å². The van der Waals surface area contributed by atoms with Gasteiger partial charge in [-0.2, -0.15) is 0 Å². The molecular formula is C21H27N3O3S2. The molecule has 0 aliphatic heterocycles. The molecule has 0 radical (unpaired) electrons. The first-order valence-corrected chi connectivity index (χ1v) is 11.6. The van der Waals surface area contributed by atoms with Crippen LogP contribution in [0.15, 0.2) is 17.5 Å². The van der Waals surface area contributed by atoms with Crippen molar-refractivity contribution in [2.24, 2.45) is 11.7 Å². The lowest BCUT2D eigenvalue weighted by atomic mass is 9.88. The van der Waals surface area contributed by atoms with E-state index in [2.05, 4.69) is 5.32 Å². The van der Waals surface area contributed by atoms with Gasteiger partial charge in [-0.1, -0.05) is 25.3 Å². The zero-order chi connectivity index (χ0) is 21.0. The first-order chi connectivity index (χ1) is 13.9. The molecule has 0 saturated heterocycles. The van der Waals surface area contributed by atoms with E-state index in [9.17, 15) is 14.4 Å². The number of aryl methyl sites for hydroxylation is 1. The number of carbonyl (C=O) groups is 3. The van der Waals surface area contributed by atoms with Gasteiger partial charge in [-0.25, -0.2) is 0 Å². The molecule has 2 aromatic rings. The lowest BCUT2D eigenvalue weighted by Gasteiger charge is -2.28. The maximum atomic E-state index is 13.1. The monoisotopic (exact) mass is 433 g/mol. The van der Waals surface area contributed by atoms with Crippen LogP contribution in [-0.4, -0.2) is 29.2 Å². The summed E-state index contributed by atoms with van der Waals surface area (Å²) in [6, 6.07) is 3.92. The van der Waals surface area contributed by atoms with E-state index in [0.717, 1.165) is 41.0 Å². The molecular weight excluding hydrogens is 406 g/mol. The summed E-state index contributed by atoms with van der Waals surface area (Å²) in [6.45, 7) is 4.09. The third-order valence-corrected chi connectivity index (χ3v) is 7.40. The van der Waals surface area contributed by atoms with Crippen LogP contribution >= 0.6 is 22.7 Å². The predicted octanol–water partition coefficient (Wildman–Crippen LogP) is 4.07. The van der Waals surface area contributed by atoms with E-state index >= 15 is 0 Å². The normalized spacial score (nSPS) is 14.6. The number of nitrogens with one attached hydrogen (secondary N) is 1. The van der Waals surface area contributed by atoms with Crippen molar-refractivity contribution in [1.82, 2.24) is 4.90 Å². The van der Waals surface area contributed by atoms with Gasteiger partial charge in [0.2, 0.25) is 11.8 Å². The summed E-state index contributed by atoms with van der Waals surface area (Å²) in [5.74, 6) is -0.837. The summed E-state index contributed by atoms with van der Waals surface area (Å²) in [5.41, 5.74) is 6.63. The Morgan fingerprint density at radius 2 is 1.93 bits per heavy atom. The fraction of sp³-hybridized carbons (Fsp3) is 0.476. The Kier molecular flexibility index (Phi) is 7.08. The Morgan fingerprint density at radius 1 is 1.21 bits per heavy atom. The minimum absolute atomic E-state index is 0.0103. The predicted molar refractivity (Wildman–Crippen MR) is 117 cm³/mol. The van der Waals surface area contributed by atoms with E-state index in [-0.39, 0.29) is 24.3 Å². The second kappa shape index (κ2) is 9.54. The second-order valence-electron chi connectivity index (χ2n) is 7.51. The number of carbonyl (C=O) groups excluding carboxylic acids is 3. The molecule has 156 valence electrons. The molecule has 8 heteroatoms. The lowest BCUT2D eigenvalue weighted by Crippen LogP contribution is -2.41. The number of hydrogen-bond donors (Lipinski definition) is 2. The summed E-state index contributed by atoms with van der Waals surface area (Å²) >= 11 is 2.91. The molecule has 0 atom stereocenters. The molecule has 2 aromatic heterocycles.